The molecule has 0 amide bonds. The number of aryl methyl sites for hydroxylation is 1. The van der Waals surface area contributed by atoms with E-state index in [1.807, 2.05) is 19.1 Å². The molecule has 1 aromatic rings. The van der Waals surface area contributed by atoms with Crippen LogP contribution in [0.25, 0.3) is 0 Å². The molecule has 0 bridgehead atoms. The molecule has 6 heteroatoms. The first-order valence-electron chi connectivity index (χ1n) is 8.47. The Bertz CT molecular complexity index is 507. The largest absolute Gasteiger partial charge is 0.466 e. The summed E-state index contributed by atoms with van der Waals surface area (Å²) in [6.07, 6.45) is 5.41. The lowest BCUT2D eigenvalue weighted by Crippen LogP contribution is -2.22. The Kier molecular flexibility index (Phi) is 13.3. The number of halogens is 1. The number of anilines is 1. The molecule has 0 unspecified atom stereocenters. The van der Waals surface area contributed by atoms with E-state index >= 15 is 0 Å². The number of rotatable bonds is 10. The maximum atomic E-state index is 11.2. The van der Waals surface area contributed by atoms with Crippen molar-refractivity contribution in [2.24, 2.45) is 10.7 Å². The minimum Gasteiger partial charge on any atom is -0.466 e. The van der Waals surface area contributed by atoms with Crippen LogP contribution in [0, 0.1) is 0 Å². The van der Waals surface area contributed by atoms with E-state index in [0.717, 1.165) is 37.8 Å². The molecule has 0 aliphatic rings. The normalized spacial score (nSPS) is 10.8. The first-order valence-corrected chi connectivity index (χ1v) is 8.47. The highest BCUT2D eigenvalue weighted by atomic mass is 127. The zero-order valence-electron chi connectivity index (χ0n) is 14.7. The van der Waals surface area contributed by atoms with Crippen molar-refractivity contribution in [1.29, 1.82) is 0 Å². The van der Waals surface area contributed by atoms with Crippen LogP contribution < -0.4 is 11.1 Å². The van der Waals surface area contributed by atoms with Crippen LogP contribution in [-0.2, 0) is 16.0 Å². The van der Waals surface area contributed by atoms with Crippen LogP contribution in [0.5, 0.6) is 0 Å². The Morgan fingerprint density at radius 1 is 1.21 bits per heavy atom. The van der Waals surface area contributed by atoms with Gasteiger partial charge < -0.3 is 15.8 Å². The summed E-state index contributed by atoms with van der Waals surface area (Å²) in [5, 5.41) is 3.11. The Labute approximate surface area is 162 Å². The van der Waals surface area contributed by atoms with E-state index in [0.29, 0.717) is 25.5 Å². The lowest BCUT2D eigenvalue weighted by molar-refractivity contribution is -0.143. The molecule has 0 fully saturated rings. The average Bonchev–Trinajstić information content (AvgIpc) is 2.54. The topological polar surface area (TPSA) is 76.7 Å². The molecule has 0 spiro atoms. The summed E-state index contributed by atoms with van der Waals surface area (Å²) < 4.78 is 4.89. The summed E-state index contributed by atoms with van der Waals surface area (Å²) >= 11 is 0. The van der Waals surface area contributed by atoms with E-state index in [9.17, 15) is 4.79 Å². The third kappa shape index (κ3) is 10.5. The third-order valence-electron chi connectivity index (χ3n) is 3.48. The molecule has 1 rings (SSSR count). The predicted octanol–water partition coefficient (Wildman–Crippen LogP) is 4.11. The molecule has 0 atom stereocenters. The molecule has 0 heterocycles. The monoisotopic (exact) mass is 447 g/mol. The molecule has 0 radical (unpaired) electrons. The molecule has 0 saturated heterocycles. The van der Waals surface area contributed by atoms with Crippen molar-refractivity contribution in [2.45, 2.75) is 52.4 Å². The van der Waals surface area contributed by atoms with Crippen LogP contribution in [0.2, 0.25) is 0 Å². The Morgan fingerprint density at radius 2 is 1.96 bits per heavy atom. The number of unbranched alkanes of at least 4 members (excludes halogenated alkanes) is 3. The smallest absolute Gasteiger partial charge is 0.305 e. The summed E-state index contributed by atoms with van der Waals surface area (Å²) in [5.74, 6) is 0.345. The van der Waals surface area contributed by atoms with Crippen LogP contribution in [0.15, 0.2) is 29.3 Å². The predicted molar refractivity (Wildman–Crippen MR) is 111 cm³/mol. The summed E-state index contributed by atoms with van der Waals surface area (Å²) in [4.78, 5) is 15.5. The van der Waals surface area contributed by atoms with Gasteiger partial charge in [-0.3, -0.25) is 9.79 Å². The van der Waals surface area contributed by atoms with Gasteiger partial charge in [0.05, 0.1) is 6.61 Å². The standard InChI is InChI=1S/C18H29N3O2.HI/c1-3-15-10-9-11-16(14-15)21-18(19)20-13-8-6-5-7-12-17(22)23-4-2;/h9-11,14H,3-8,12-13H2,1-2H3,(H3,19,20,21);1H. The summed E-state index contributed by atoms with van der Waals surface area (Å²) in [7, 11) is 0. The highest BCUT2D eigenvalue weighted by molar-refractivity contribution is 14.0. The number of hydrogen-bond donors (Lipinski definition) is 2. The van der Waals surface area contributed by atoms with Crippen LogP contribution in [0.4, 0.5) is 5.69 Å². The number of carbonyl (C=O) groups excluding carboxylic acids is 1. The molecular formula is C18H30IN3O2. The molecule has 0 aromatic heterocycles. The SMILES string of the molecule is CCOC(=O)CCCCCCN=C(N)Nc1cccc(CC)c1.I. The van der Waals surface area contributed by atoms with Gasteiger partial charge in [-0.2, -0.15) is 0 Å². The van der Waals surface area contributed by atoms with Crippen molar-refractivity contribution in [3.05, 3.63) is 29.8 Å². The number of nitrogens with zero attached hydrogens (tertiary/aromatic N) is 1. The molecule has 0 saturated carbocycles. The minimum absolute atomic E-state index is 0. The first kappa shape index (κ1) is 22.7. The number of benzene rings is 1. The second kappa shape index (κ2) is 14.1. The van der Waals surface area contributed by atoms with Crippen LogP contribution in [0.1, 0.15) is 51.5 Å². The zero-order chi connectivity index (χ0) is 16.9. The van der Waals surface area contributed by atoms with Crippen LogP contribution in [0.3, 0.4) is 0 Å². The highest BCUT2D eigenvalue weighted by Gasteiger charge is 2.00. The molecule has 1 aromatic carbocycles. The summed E-state index contributed by atoms with van der Waals surface area (Å²) in [6.45, 7) is 5.11. The molecular weight excluding hydrogens is 417 g/mol. The van der Waals surface area contributed by atoms with Crippen molar-refractivity contribution >= 4 is 41.6 Å². The fourth-order valence-electron chi connectivity index (χ4n) is 2.22. The van der Waals surface area contributed by atoms with Crippen LogP contribution >= 0.6 is 24.0 Å². The van der Waals surface area contributed by atoms with Gasteiger partial charge in [-0.1, -0.05) is 31.9 Å². The van der Waals surface area contributed by atoms with Crippen molar-refractivity contribution in [3.8, 4) is 0 Å². The molecule has 24 heavy (non-hydrogen) atoms. The number of esters is 1. The fourth-order valence-corrected chi connectivity index (χ4v) is 2.22. The third-order valence-corrected chi connectivity index (χ3v) is 3.48. The Hall–Kier alpha value is -1.31. The van der Waals surface area contributed by atoms with E-state index in [1.165, 1.54) is 5.56 Å². The molecule has 136 valence electrons. The molecule has 0 aliphatic heterocycles. The number of hydrogen-bond acceptors (Lipinski definition) is 3. The van der Waals surface area contributed by atoms with Crippen molar-refractivity contribution in [1.82, 2.24) is 0 Å². The van der Waals surface area contributed by atoms with E-state index in [1.54, 1.807) is 0 Å². The quantitative estimate of drug-likeness (QED) is 0.186. The van der Waals surface area contributed by atoms with Gasteiger partial charge in [-0.05, 0) is 43.9 Å². The minimum atomic E-state index is -0.103. The molecule has 3 N–H and O–H groups in total. The Morgan fingerprint density at radius 3 is 2.67 bits per heavy atom. The van der Waals surface area contributed by atoms with E-state index in [4.69, 9.17) is 10.5 Å². The van der Waals surface area contributed by atoms with E-state index in [-0.39, 0.29) is 29.9 Å². The number of nitrogens with one attached hydrogen (secondary N) is 1. The lowest BCUT2D eigenvalue weighted by atomic mass is 10.1. The van der Waals surface area contributed by atoms with Gasteiger partial charge >= 0.3 is 5.97 Å². The van der Waals surface area contributed by atoms with Gasteiger partial charge in [-0.25, -0.2) is 0 Å². The van der Waals surface area contributed by atoms with Gasteiger partial charge in [0, 0.05) is 18.7 Å². The maximum Gasteiger partial charge on any atom is 0.305 e. The summed E-state index contributed by atoms with van der Waals surface area (Å²) in [6, 6.07) is 8.17. The second-order valence-corrected chi connectivity index (χ2v) is 5.42. The number of carbonyl (C=O) groups is 1. The number of nitrogens with two attached hydrogens (primary N) is 1. The second-order valence-electron chi connectivity index (χ2n) is 5.42. The maximum absolute atomic E-state index is 11.2. The van der Waals surface area contributed by atoms with Gasteiger partial charge in [0.15, 0.2) is 5.96 Å². The molecule has 5 nitrogen and oxygen atoms in total. The number of guanidine groups is 1. The van der Waals surface area contributed by atoms with Crippen LogP contribution in [-0.4, -0.2) is 25.1 Å². The average molecular weight is 447 g/mol. The highest BCUT2D eigenvalue weighted by Crippen LogP contribution is 2.10. The number of ether oxygens (including phenoxy) is 1. The van der Waals surface area contributed by atoms with E-state index < -0.39 is 0 Å². The molecule has 0 aliphatic carbocycles. The van der Waals surface area contributed by atoms with Gasteiger partial charge in [0.25, 0.3) is 0 Å². The first-order chi connectivity index (χ1) is 11.2. The Balaban J connectivity index is 0.00000529. The van der Waals surface area contributed by atoms with Crippen molar-refractivity contribution in [2.75, 3.05) is 18.5 Å². The number of aliphatic imine (C=N–C) groups is 1. The summed E-state index contributed by atoms with van der Waals surface area (Å²) in [5.41, 5.74) is 8.13. The van der Waals surface area contributed by atoms with Gasteiger partial charge in [0.2, 0.25) is 0 Å². The van der Waals surface area contributed by atoms with Gasteiger partial charge in [0.1, 0.15) is 0 Å². The van der Waals surface area contributed by atoms with Crippen molar-refractivity contribution < 1.29 is 9.53 Å². The van der Waals surface area contributed by atoms with E-state index in [2.05, 4.69) is 29.4 Å². The van der Waals surface area contributed by atoms with Crippen molar-refractivity contribution in [3.63, 3.8) is 0 Å². The zero-order valence-corrected chi connectivity index (χ0v) is 17.0. The van der Waals surface area contributed by atoms with Gasteiger partial charge in [-0.15, -0.1) is 24.0 Å². The fraction of sp³-hybridized carbons (Fsp3) is 0.556. The lowest BCUT2D eigenvalue weighted by Gasteiger charge is -2.07.